The van der Waals surface area contributed by atoms with Gasteiger partial charge in [-0.2, -0.15) is 13.2 Å². The number of hydrogen-bond donors (Lipinski definition) is 2. The fourth-order valence-electron chi connectivity index (χ4n) is 5.51. The SMILES string of the molecule is Cc1cn(-c2ccc(C(=O)NCC34CC3C(C)(C)Oc3ccc(C(F)(F)F)cc34)n(CCO)c2=O)cn1. The van der Waals surface area contributed by atoms with Crippen molar-refractivity contribution in [3.63, 3.8) is 0 Å². The summed E-state index contributed by atoms with van der Waals surface area (Å²) in [5, 5.41) is 12.4. The Labute approximate surface area is 210 Å². The number of carbonyl (C=O) groups excluding carboxylic acids is 1. The Kier molecular flexibility index (Phi) is 5.74. The third-order valence-corrected chi connectivity index (χ3v) is 7.40. The van der Waals surface area contributed by atoms with Gasteiger partial charge in [0.15, 0.2) is 0 Å². The van der Waals surface area contributed by atoms with E-state index in [0.29, 0.717) is 23.4 Å². The van der Waals surface area contributed by atoms with Crippen molar-refractivity contribution in [3.05, 3.63) is 75.7 Å². The molecule has 1 saturated carbocycles. The van der Waals surface area contributed by atoms with Crippen LogP contribution in [-0.4, -0.2) is 43.9 Å². The molecule has 2 aromatic heterocycles. The van der Waals surface area contributed by atoms with Crippen LogP contribution in [0.2, 0.25) is 0 Å². The van der Waals surface area contributed by atoms with E-state index in [1.54, 1.807) is 17.7 Å². The molecule has 1 aliphatic heterocycles. The first kappa shape index (κ1) is 25.1. The summed E-state index contributed by atoms with van der Waals surface area (Å²) in [5.41, 5.74) is -1.14. The molecule has 2 aliphatic rings. The van der Waals surface area contributed by atoms with Crippen LogP contribution in [-0.2, 0) is 18.1 Å². The number of nitrogens with zero attached hydrogens (tertiary/aromatic N) is 3. The molecule has 3 aromatic rings. The molecule has 1 aliphatic carbocycles. The van der Waals surface area contributed by atoms with E-state index >= 15 is 0 Å². The van der Waals surface area contributed by atoms with Gasteiger partial charge in [-0.1, -0.05) is 0 Å². The van der Waals surface area contributed by atoms with Crippen LogP contribution >= 0.6 is 0 Å². The summed E-state index contributed by atoms with van der Waals surface area (Å²) in [6.07, 6.45) is -0.795. The van der Waals surface area contributed by atoms with Crippen molar-refractivity contribution in [1.82, 2.24) is 19.4 Å². The molecule has 5 rings (SSSR count). The number of imidazole rings is 1. The first-order chi connectivity index (χ1) is 17.4. The average Bonchev–Trinajstić information content (AvgIpc) is 3.45. The Morgan fingerprint density at radius 1 is 1.27 bits per heavy atom. The highest BCUT2D eigenvalue weighted by Gasteiger charge is 2.66. The van der Waals surface area contributed by atoms with Gasteiger partial charge in [0.1, 0.15) is 22.7 Å². The van der Waals surface area contributed by atoms with Crippen LogP contribution in [0.5, 0.6) is 5.75 Å². The lowest BCUT2D eigenvalue weighted by Crippen LogP contribution is -2.44. The maximum atomic E-state index is 13.5. The number of halogens is 3. The quantitative estimate of drug-likeness (QED) is 0.525. The third kappa shape index (κ3) is 4.20. The van der Waals surface area contributed by atoms with Crippen molar-refractivity contribution in [3.8, 4) is 11.4 Å². The van der Waals surface area contributed by atoms with Crippen LogP contribution in [0.15, 0.2) is 47.7 Å². The number of aliphatic hydroxyl groups excluding tert-OH is 1. The summed E-state index contributed by atoms with van der Waals surface area (Å²) in [6, 6.07) is 6.45. The molecule has 0 radical (unpaired) electrons. The molecule has 2 unspecified atom stereocenters. The Morgan fingerprint density at radius 2 is 2.03 bits per heavy atom. The fraction of sp³-hybridized carbons (Fsp3) is 0.423. The molecule has 1 aromatic carbocycles. The maximum Gasteiger partial charge on any atom is 0.416 e. The van der Waals surface area contributed by atoms with Crippen molar-refractivity contribution in [1.29, 1.82) is 0 Å². The van der Waals surface area contributed by atoms with Crippen molar-refractivity contribution in [2.75, 3.05) is 13.2 Å². The second-order valence-electron chi connectivity index (χ2n) is 10.2. The van der Waals surface area contributed by atoms with Crippen LogP contribution in [0.1, 0.15) is 47.6 Å². The molecule has 8 nitrogen and oxygen atoms in total. The zero-order chi connectivity index (χ0) is 26.8. The van der Waals surface area contributed by atoms with Crippen LogP contribution < -0.4 is 15.6 Å². The normalized spacial score (nSPS) is 21.5. The molecule has 3 heterocycles. The number of carbonyl (C=O) groups is 1. The summed E-state index contributed by atoms with van der Waals surface area (Å²) in [5.74, 6) is -0.280. The number of rotatable bonds is 6. The smallest absolute Gasteiger partial charge is 0.416 e. The molecule has 11 heteroatoms. The summed E-state index contributed by atoms with van der Waals surface area (Å²) in [4.78, 5) is 30.5. The van der Waals surface area contributed by atoms with Crippen LogP contribution in [0.4, 0.5) is 13.2 Å². The molecule has 2 atom stereocenters. The second-order valence-corrected chi connectivity index (χ2v) is 10.2. The molecule has 196 valence electrons. The van der Waals surface area contributed by atoms with Gasteiger partial charge in [0.25, 0.3) is 11.5 Å². The zero-order valence-electron chi connectivity index (χ0n) is 20.6. The largest absolute Gasteiger partial charge is 0.487 e. The summed E-state index contributed by atoms with van der Waals surface area (Å²) >= 11 is 0. The maximum absolute atomic E-state index is 13.5. The van der Waals surface area contributed by atoms with Gasteiger partial charge < -0.3 is 19.7 Å². The zero-order valence-corrected chi connectivity index (χ0v) is 20.6. The van der Waals surface area contributed by atoms with Crippen molar-refractivity contribution in [2.24, 2.45) is 5.92 Å². The van der Waals surface area contributed by atoms with Crippen molar-refractivity contribution >= 4 is 5.91 Å². The molecule has 0 spiro atoms. The molecule has 1 fully saturated rings. The Balaban J connectivity index is 1.46. The first-order valence-corrected chi connectivity index (χ1v) is 11.9. The summed E-state index contributed by atoms with van der Waals surface area (Å²) < 4.78 is 49.1. The number of aliphatic hydroxyl groups is 1. The number of fused-ring (bicyclic) bond motifs is 3. The number of nitrogens with one attached hydrogen (secondary N) is 1. The molecule has 0 bridgehead atoms. The van der Waals surface area contributed by atoms with E-state index in [-0.39, 0.29) is 37.0 Å². The van der Waals surface area contributed by atoms with Gasteiger partial charge in [-0.15, -0.1) is 0 Å². The van der Waals surface area contributed by atoms with Crippen molar-refractivity contribution < 1.29 is 27.8 Å². The minimum absolute atomic E-state index is 0.0452. The molecule has 1 amide bonds. The minimum Gasteiger partial charge on any atom is -0.487 e. The molecule has 0 saturated heterocycles. The van der Waals surface area contributed by atoms with E-state index in [1.807, 2.05) is 13.8 Å². The van der Waals surface area contributed by atoms with Gasteiger partial charge in [-0.05, 0) is 57.5 Å². The summed E-state index contributed by atoms with van der Waals surface area (Å²) in [7, 11) is 0. The van der Waals surface area contributed by atoms with Gasteiger partial charge in [-0.25, -0.2) is 4.98 Å². The predicted molar refractivity (Wildman–Crippen MR) is 128 cm³/mol. The number of aromatic nitrogens is 3. The van der Waals surface area contributed by atoms with Crippen LogP contribution in [0, 0.1) is 12.8 Å². The van der Waals surface area contributed by atoms with E-state index < -0.39 is 34.2 Å². The van der Waals surface area contributed by atoms with Gasteiger partial charge in [0, 0.05) is 36.2 Å². The van der Waals surface area contributed by atoms with E-state index in [2.05, 4.69) is 10.3 Å². The average molecular weight is 517 g/mol. The highest BCUT2D eigenvalue weighted by atomic mass is 19.4. The van der Waals surface area contributed by atoms with Gasteiger partial charge in [0.05, 0.1) is 24.2 Å². The number of amides is 1. The topological polar surface area (TPSA) is 98.4 Å². The number of aryl methyl sites for hydroxylation is 1. The van der Waals surface area contributed by atoms with Gasteiger partial charge in [-0.3, -0.25) is 14.2 Å². The predicted octanol–water partition coefficient (Wildman–Crippen LogP) is 3.21. The number of ether oxygens (including phenoxy) is 1. The number of alkyl halides is 3. The molecular weight excluding hydrogens is 489 g/mol. The Hall–Kier alpha value is -3.60. The monoisotopic (exact) mass is 516 g/mol. The standard InChI is InChI=1S/C26H27F3N4O4/c1-15-12-32(14-31-15)19-6-5-18(33(8-9-34)23(19)36)22(35)30-13-25-11-21(25)24(2,3)37-20-7-4-16(10-17(20)25)26(27,28)29/h4-7,10,12,14,21,34H,8-9,11,13H2,1-3H3,(H,30,35). The van der Waals surface area contributed by atoms with Crippen LogP contribution in [0.25, 0.3) is 5.69 Å². The molecular formula is C26H27F3N4O4. The van der Waals surface area contributed by atoms with Crippen LogP contribution in [0.3, 0.4) is 0 Å². The number of pyridine rings is 1. The Bertz CT molecular complexity index is 1440. The first-order valence-electron chi connectivity index (χ1n) is 11.9. The lowest BCUT2D eigenvalue weighted by molar-refractivity contribution is -0.137. The lowest BCUT2D eigenvalue weighted by Gasteiger charge is -2.37. The molecule has 37 heavy (non-hydrogen) atoms. The van der Waals surface area contributed by atoms with E-state index in [9.17, 15) is 27.9 Å². The highest BCUT2D eigenvalue weighted by Crippen LogP contribution is 2.65. The van der Waals surface area contributed by atoms with Gasteiger partial charge >= 0.3 is 6.18 Å². The van der Waals surface area contributed by atoms with Crippen molar-refractivity contribution in [2.45, 2.75) is 50.9 Å². The Morgan fingerprint density at radius 3 is 2.68 bits per heavy atom. The second kappa shape index (κ2) is 8.47. The minimum atomic E-state index is -4.51. The van der Waals surface area contributed by atoms with E-state index in [0.717, 1.165) is 12.1 Å². The van der Waals surface area contributed by atoms with E-state index in [1.165, 1.54) is 29.1 Å². The highest BCUT2D eigenvalue weighted by molar-refractivity contribution is 5.92. The fourth-order valence-corrected chi connectivity index (χ4v) is 5.51. The van der Waals surface area contributed by atoms with Gasteiger partial charge in [0.2, 0.25) is 0 Å². The number of benzene rings is 1. The summed E-state index contributed by atoms with van der Waals surface area (Å²) in [6.45, 7) is 5.16. The lowest BCUT2D eigenvalue weighted by atomic mass is 9.83. The van der Waals surface area contributed by atoms with E-state index in [4.69, 9.17) is 4.74 Å². The third-order valence-electron chi connectivity index (χ3n) is 7.40. The number of hydrogen-bond acceptors (Lipinski definition) is 5. The molecule has 2 N–H and O–H groups in total.